The summed E-state index contributed by atoms with van der Waals surface area (Å²) in [5.41, 5.74) is 1.72. The standard InChI is InChI=1S/C28H30FNO4S/c1-17-12-13-30(15-17)18(2)16-33-22-8-6-19(7-9-22)26-27(20-4-3-5-21(31)14-20)35-28-24(34-26)11-10-23(32)25(28)29/h3-11,14,17-18,26-27,31-32H,12-13,15-16H2,1-2H3/t17-,18+,26-,27+/m0/s1. The molecule has 0 aliphatic carbocycles. The van der Waals surface area contributed by atoms with Crippen LogP contribution in [0.3, 0.4) is 0 Å². The number of hydrogen-bond donors (Lipinski definition) is 2. The number of fused-ring (bicyclic) bond motifs is 1. The van der Waals surface area contributed by atoms with E-state index in [1.807, 2.05) is 30.3 Å². The van der Waals surface area contributed by atoms with Crippen LogP contribution in [0, 0.1) is 11.7 Å². The molecule has 2 N–H and O–H groups in total. The second kappa shape index (κ2) is 9.99. The van der Waals surface area contributed by atoms with Gasteiger partial charge in [0, 0.05) is 12.6 Å². The highest BCUT2D eigenvalue weighted by molar-refractivity contribution is 7.99. The summed E-state index contributed by atoms with van der Waals surface area (Å²) in [5, 5.41) is 19.6. The molecule has 1 fully saturated rings. The van der Waals surface area contributed by atoms with Crippen LogP contribution in [0.1, 0.15) is 42.7 Å². The van der Waals surface area contributed by atoms with Crippen molar-refractivity contribution < 1.29 is 24.1 Å². The third-order valence-electron chi connectivity index (χ3n) is 6.79. The molecule has 2 heterocycles. The Kier molecular flexibility index (Phi) is 6.80. The Balaban J connectivity index is 1.36. The summed E-state index contributed by atoms with van der Waals surface area (Å²) >= 11 is 1.29. The number of rotatable bonds is 6. The molecule has 0 saturated carbocycles. The summed E-state index contributed by atoms with van der Waals surface area (Å²) in [5.74, 6) is 0.956. The van der Waals surface area contributed by atoms with Gasteiger partial charge in [-0.1, -0.05) is 31.2 Å². The fourth-order valence-electron chi connectivity index (χ4n) is 4.75. The van der Waals surface area contributed by atoms with Crippen LogP contribution in [-0.4, -0.2) is 40.9 Å². The van der Waals surface area contributed by atoms with E-state index in [2.05, 4.69) is 18.7 Å². The number of nitrogens with zero attached hydrogens (tertiary/aromatic N) is 1. The Hall–Kier alpha value is -2.90. The highest BCUT2D eigenvalue weighted by Crippen LogP contribution is 2.55. The number of phenolic OH excluding ortho intramolecular Hbond substituents is 2. The molecule has 0 amide bonds. The van der Waals surface area contributed by atoms with E-state index in [0.717, 1.165) is 35.9 Å². The SMILES string of the molecule is C[C@H]1CCN([C@H](C)COc2ccc([C@@H]3Oc4ccc(O)c(F)c4S[C@@H]3c3cccc(O)c3)cc2)C1. The lowest BCUT2D eigenvalue weighted by molar-refractivity contribution is 0.168. The van der Waals surface area contributed by atoms with Crippen molar-refractivity contribution >= 4 is 11.8 Å². The molecule has 3 aromatic rings. The minimum absolute atomic E-state index is 0.134. The summed E-state index contributed by atoms with van der Waals surface area (Å²) in [4.78, 5) is 2.74. The van der Waals surface area contributed by atoms with Crippen molar-refractivity contribution in [3.05, 3.63) is 77.6 Å². The Bertz CT molecular complexity index is 1190. The second-order valence-corrected chi connectivity index (χ2v) is 10.7. The molecule has 4 atom stereocenters. The molecule has 7 heteroatoms. The molecule has 5 nitrogen and oxygen atoms in total. The monoisotopic (exact) mass is 495 g/mol. The molecule has 0 radical (unpaired) electrons. The molecular formula is C28H30FNO4S. The van der Waals surface area contributed by atoms with Gasteiger partial charge in [0.05, 0.1) is 10.1 Å². The van der Waals surface area contributed by atoms with Gasteiger partial charge >= 0.3 is 0 Å². The molecule has 2 aliphatic rings. The maximum atomic E-state index is 14.7. The van der Waals surface area contributed by atoms with Crippen molar-refractivity contribution in [2.45, 2.75) is 42.6 Å². The van der Waals surface area contributed by atoms with Gasteiger partial charge in [0.2, 0.25) is 0 Å². The first-order chi connectivity index (χ1) is 16.9. The Morgan fingerprint density at radius 3 is 2.63 bits per heavy atom. The molecule has 184 valence electrons. The van der Waals surface area contributed by atoms with Crippen LogP contribution in [-0.2, 0) is 0 Å². The van der Waals surface area contributed by atoms with E-state index in [4.69, 9.17) is 9.47 Å². The number of phenols is 2. The van der Waals surface area contributed by atoms with Gasteiger partial charge in [-0.25, -0.2) is 4.39 Å². The molecular weight excluding hydrogens is 465 g/mol. The van der Waals surface area contributed by atoms with E-state index in [9.17, 15) is 14.6 Å². The first-order valence-corrected chi connectivity index (χ1v) is 12.9. The summed E-state index contributed by atoms with van der Waals surface area (Å²) in [7, 11) is 0. The third kappa shape index (κ3) is 5.07. The van der Waals surface area contributed by atoms with Crippen molar-refractivity contribution in [2.75, 3.05) is 19.7 Å². The maximum Gasteiger partial charge on any atom is 0.182 e. The van der Waals surface area contributed by atoms with Gasteiger partial charge in [0.15, 0.2) is 11.6 Å². The molecule has 0 aromatic heterocycles. The lowest BCUT2D eigenvalue weighted by Gasteiger charge is -2.34. The molecule has 5 rings (SSSR count). The van der Waals surface area contributed by atoms with Crippen LogP contribution in [0.5, 0.6) is 23.0 Å². The van der Waals surface area contributed by atoms with Gasteiger partial charge in [-0.15, -0.1) is 11.8 Å². The van der Waals surface area contributed by atoms with Crippen molar-refractivity contribution in [1.29, 1.82) is 0 Å². The molecule has 3 aromatic carbocycles. The predicted octanol–water partition coefficient (Wildman–Crippen LogP) is 6.31. The normalized spacial score (nSPS) is 22.9. The van der Waals surface area contributed by atoms with E-state index in [-0.39, 0.29) is 15.9 Å². The number of benzene rings is 3. The first-order valence-electron chi connectivity index (χ1n) is 12.0. The zero-order chi connectivity index (χ0) is 24.5. The van der Waals surface area contributed by atoms with E-state index in [1.54, 1.807) is 24.3 Å². The zero-order valence-corrected chi connectivity index (χ0v) is 20.7. The van der Waals surface area contributed by atoms with E-state index < -0.39 is 17.7 Å². The van der Waals surface area contributed by atoms with Crippen LogP contribution in [0.2, 0.25) is 0 Å². The minimum atomic E-state index is -0.693. The van der Waals surface area contributed by atoms with Crippen molar-refractivity contribution in [3.63, 3.8) is 0 Å². The van der Waals surface area contributed by atoms with E-state index in [0.29, 0.717) is 18.4 Å². The smallest absolute Gasteiger partial charge is 0.182 e. The van der Waals surface area contributed by atoms with Crippen molar-refractivity contribution in [1.82, 2.24) is 4.90 Å². The van der Waals surface area contributed by atoms with Crippen LogP contribution in [0.15, 0.2) is 65.6 Å². The maximum absolute atomic E-state index is 14.7. The highest BCUT2D eigenvalue weighted by atomic mass is 32.2. The summed E-state index contributed by atoms with van der Waals surface area (Å²) in [6.45, 7) is 7.36. The van der Waals surface area contributed by atoms with E-state index >= 15 is 0 Å². The topological polar surface area (TPSA) is 62.2 Å². The van der Waals surface area contributed by atoms with Crippen LogP contribution < -0.4 is 9.47 Å². The second-order valence-electron chi connectivity index (χ2n) is 9.52. The van der Waals surface area contributed by atoms with Gasteiger partial charge in [-0.2, -0.15) is 0 Å². The largest absolute Gasteiger partial charge is 0.508 e. The van der Waals surface area contributed by atoms with Gasteiger partial charge in [0.25, 0.3) is 0 Å². The summed E-state index contributed by atoms with van der Waals surface area (Å²) in [6.07, 6.45) is 0.822. The molecule has 0 bridgehead atoms. The van der Waals surface area contributed by atoms with Crippen molar-refractivity contribution in [2.24, 2.45) is 5.92 Å². The summed E-state index contributed by atoms with van der Waals surface area (Å²) in [6, 6.07) is 18.0. The number of hydrogen-bond acceptors (Lipinski definition) is 6. The summed E-state index contributed by atoms with van der Waals surface area (Å²) < 4.78 is 27.0. The average molecular weight is 496 g/mol. The highest BCUT2D eigenvalue weighted by Gasteiger charge is 2.36. The fraction of sp³-hybridized carbons (Fsp3) is 0.357. The van der Waals surface area contributed by atoms with E-state index in [1.165, 1.54) is 24.2 Å². The van der Waals surface area contributed by atoms with Gasteiger partial charge in [-0.3, -0.25) is 4.90 Å². The minimum Gasteiger partial charge on any atom is -0.508 e. The van der Waals surface area contributed by atoms with Crippen LogP contribution in [0.25, 0.3) is 0 Å². The molecule has 35 heavy (non-hydrogen) atoms. The molecule has 0 spiro atoms. The Labute approximate surface area is 209 Å². The van der Waals surface area contributed by atoms with Crippen molar-refractivity contribution in [3.8, 4) is 23.0 Å². The van der Waals surface area contributed by atoms with Gasteiger partial charge in [0.1, 0.15) is 30.0 Å². The van der Waals surface area contributed by atoms with Gasteiger partial charge in [-0.05, 0) is 73.3 Å². The fourth-order valence-corrected chi connectivity index (χ4v) is 6.06. The number of halogens is 1. The van der Waals surface area contributed by atoms with Gasteiger partial charge < -0.3 is 19.7 Å². The quantitative estimate of drug-likeness (QED) is 0.418. The number of ether oxygens (including phenoxy) is 2. The molecule has 0 unspecified atom stereocenters. The lowest BCUT2D eigenvalue weighted by atomic mass is 9.99. The van der Waals surface area contributed by atoms with Crippen LogP contribution in [0.4, 0.5) is 4.39 Å². The Morgan fingerprint density at radius 2 is 1.91 bits per heavy atom. The lowest BCUT2D eigenvalue weighted by Crippen LogP contribution is -2.35. The number of thioether (sulfide) groups is 1. The molecule has 2 aliphatic heterocycles. The average Bonchev–Trinajstić information content (AvgIpc) is 3.31. The first kappa shape index (κ1) is 23.8. The molecule has 1 saturated heterocycles. The van der Waals surface area contributed by atoms with Crippen LogP contribution >= 0.6 is 11.8 Å². The predicted molar refractivity (Wildman–Crippen MR) is 135 cm³/mol. The Morgan fingerprint density at radius 1 is 1.11 bits per heavy atom. The zero-order valence-electron chi connectivity index (χ0n) is 19.9. The number of aromatic hydroxyl groups is 2. The number of likely N-dealkylation sites (tertiary alicyclic amines) is 1. The third-order valence-corrected chi connectivity index (χ3v) is 8.18.